The fourth-order valence-corrected chi connectivity index (χ4v) is 5.18. The topological polar surface area (TPSA) is 69.7 Å². The van der Waals surface area contributed by atoms with Crippen molar-refractivity contribution in [2.24, 2.45) is 0 Å². The number of fused-ring (bicyclic) bond motifs is 1. The van der Waals surface area contributed by atoms with Crippen LogP contribution in [0.1, 0.15) is 31.2 Å². The smallest absolute Gasteiger partial charge is 0.250 e. The van der Waals surface area contributed by atoms with Crippen molar-refractivity contribution in [1.82, 2.24) is 10.2 Å². The number of nitrogens with zero attached hydrogens (tertiary/aromatic N) is 2. The van der Waals surface area contributed by atoms with Crippen molar-refractivity contribution in [3.05, 3.63) is 59.9 Å². The highest BCUT2D eigenvalue weighted by molar-refractivity contribution is 8.01. The van der Waals surface area contributed by atoms with Gasteiger partial charge in [0.25, 0.3) is 5.91 Å². The third-order valence-corrected chi connectivity index (χ3v) is 6.98. The lowest BCUT2D eigenvalue weighted by molar-refractivity contribution is -0.135. The van der Waals surface area contributed by atoms with E-state index < -0.39 is 5.25 Å². The maximum absolute atomic E-state index is 13.3. The van der Waals surface area contributed by atoms with E-state index >= 15 is 0 Å². The van der Waals surface area contributed by atoms with Gasteiger partial charge < -0.3 is 15.1 Å². The number of para-hydroxylation sites is 1. The van der Waals surface area contributed by atoms with Gasteiger partial charge in [0.15, 0.2) is 5.25 Å². The van der Waals surface area contributed by atoms with E-state index in [4.69, 9.17) is 0 Å². The minimum atomic E-state index is -0.882. The summed E-state index contributed by atoms with van der Waals surface area (Å²) < 4.78 is 13.1. The Morgan fingerprint density at radius 3 is 2.41 bits per heavy atom. The van der Waals surface area contributed by atoms with Gasteiger partial charge in [-0.25, -0.2) is 4.39 Å². The normalized spacial score (nSPS) is 18.7. The van der Waals surface area contributed by atoms with Crippen LogP contribution in [0.2, 0.25) is 0 Å². The Hall–Kier alpha value is -2.87. The van der Waals surface area contributed by atoms with Gasteiger partial charge in [-0.2, -0.15) is 0 Å². The molecule has 0 aliphatic carbocycles. The Morgan fingerprint density at radius 2 is 1.69 bits per heavy atom. The summed E-state index contributed by atoms with van der Waals surface area (Å²) in [6, 6.07) is 13.2. The van der Waals surface area contributed by atoms with E-state index in [0.717, 1.165) is 36.1 Å². The lowest BCUT2D eigenvalue weighted by Crippen LogP contribution is -2.52. The van der Waals surface area contributed by atoms with Gasteiger partial charge >= 0.3 is 0 Å². The molecule has 0 saturated carbocycles. The van der Waals surface area contributed by atoms with Gasteiger partial charge in [-0.05, 0) is 42.7 Å². The first-order valence-corrected chi connectivity index (χ1v) is 11.8. The van der Waals surface area contributed by atoms with Crippen molar-refractivity contribution in [3.63, 3.8) is 0 Å². The van der Waals surface area contributed by atoms with Crippen LogP contribution < -0.4 is 10.2 Å². The van der Waals surface area contributed by atoms with Crippen LogP contribution in [0.15, 0.2) is 53.4 Å². The van der Waals surface area contributed by atoms with Gasteiger partial charge in [-0.1, -0.05) is 37.1 Å². The van der Waals surface area contributed by atoms with Crippen LogP contribution in [-0.2, 0) is 20.9 Å². The van der Waals surface area contributed by atoms with Crippen LogP contribution in [0.25, 0.3) is 0 Å². The molecule has 168 valence electrons. The Balaban J connectivity index is 1.48. The van der Waals surface area contributed by atoms with E-state index in [-0.39, 0.29) is 36.6 Å². The van der Waals surface area contributed by atoms with Gasteiger partial charge in [0.05, 0.1) is 5.69 Å². The van der Waals surface area contributed by atoms with Gasteiger partial charge in [0.2, 0.25) is 11.8 Å². The summed E-state index contributed by atoms with van der Waals surface area (Å²) in [6.07, 6.45) is 4.09. The van der Waals surface area contributed by atoms with E-state index in [1.807, 2.05) is 18.2 Å². The average molecular weight is 456 g/mol. The highest BCUT2D eigenvalue weighted by atomic mass is 32.2. The second-order valence-corrected chi connectivity index (χ2v) is 9.18. The number of hydrogen-bond donors (Lipinski definition) is 1. The first-order valence-electron chi connectivity index (χ1n) is 10.9. The summed E-state index contributed by atoms with van der Waals surface area (Å²) in [6.45, 7) is 1.39. The van der Waals surface area contributed by atoms with E-state index in [0.29, 0.717) is 18.8 Å². The Morgan fingerprint density at radius 1 is 1.00 bits per heavy atom. The second-order valence-electron chi connectivity index (χ2n) is 8.03. The molecule has 0 spiro atoms. The first kappa shape index (κ1) is 22.3. The summed E-state index contributed by atoms with van der Waals surface area (Å²) in [4.78, 5) is 43.2. The number of benzene rings is 2. The van der Waals surface area contributed by atoms with Gasteiger partial charge in [0.1, 0.15) is 12.4 Å². The molecule has 2 aliphatic heterocycles. The van der Waals surface area contributed by atoms with E-state index in [1.165, 1.54) is 28.8 Å². The molecule has 32 heavy (non-hydrogen) atoms. The lowest BCUT2D eigenvalue weighted by atomic mass is 10.2. The lowest BCUT2D eigenvalue weighted by Gasteiger charge is -2.34. The molecule has 2 heterocycles. The van der Waals surface area contributed by atoms with Crippen molar-refractivity contribution in [3.8, 4) is 0 Å². The molecule has 2 aliphatic rings. The van der Waals surface area contributed by atoms with Crippen LogP contribution in [0.5, 0.6) is 0 Å². The average Bonchev–Trinajstić information content (AvgIpc) is 3.09. The molecule has 0 bridgehead atoms. The number of hydrogen-bond acceptors (Lipinski definition) is 4. The largest absolute Gasteiger partial charge is 0.350 e. The maximum Gasteiger partial charge on any atom is 0.250 e. The summed E-state index contributed by atoms with van der Waals surface area (Å²) >= 11 is 1.27. The van der Waals surface area contributed by atoms with Crippen molar-refractivity contribution >= 4 is 35.2 Å². The molecule has 1 fully saturated rings. The predicted octanol–water partition coefficient (Wildman–Crippen LogP) is 3.35. The van der Waals surface area contributed by atoms with E-state index in [1.54, 1.807) is 23.1 Å². The summed E-state index contributed by atoms with van der Waals surface area (Å²) in [5.41, 5.74) is 1.40. The highest BCUT2D eigenvalue weighted by Crippen LogP contribution is 2.39. The molecular weight excluding hydrogens is 429 g/mol. The number of halogens is 1. The second kappa shape index (κ2) is 10.2. The first-order chi connectivity index (χ1) is 15.5. The van der Waals surface area contributed by atoms with Crippen molar-refractivity contribution < 1.29 is 18.8 Å². The monoisotopic (exact) mass is 455 g/mol. The van der Waals surface area contributed by atoms with Crippen LogP contribution in [-0.4, -0.2) is 47.5 Å². The molecule has 0 unspecified atom stereocenters. The molecule has 1 saturated heterocycles. The fourth-order valence-electron chi connectivity index (χ4n) is 4.00. The van der Waals surface area contributed by atoms with Gasteiger partial charge in [0, 0.05) is 24.5 Å². The number of likely N-dealkylation sites (tertiary alicyclic amines) is 1. The summed E-state index contributed by atoms with van der Waals surface area (Å²) in [5, 5.41) is 1.89. The molecule has 3 amide bonds. The number of carbonyl (C=O) groups is 3. The number of anilines is 1. The third kappa shape index (κ3) is 5.12. The van der Waals surface area contributed by atoms with Crippen LogP contribution >= 0.6 is 11.8 Å². The number of rotatable bonds is 5. The summed E-state index contributed by atoms with van der Waals surface area (Å²) in [5.74, 6) is -1.22. The van der Waals surface area contributed by atoms with Crippen LogP contribution in [0, 0.1) is 5.82 Å². The van der Waals surface area contributed by atoms with E-state index in [9.17, 15) is 18.8 Å². The zero-order chi connectivity index (χ0) is 22.5. The summed E-state index contributed by atoms with van der Waals surface area (Å²) in [7, 11) is 0. The Bertz CT molecular complexity index is 990. The van der Waals surface area contributed by atoms with Crippen molar-refractivity contribution in [1.29, 1.82) is 0 Å². The minimum absolute atomic E-state index is 0.173. The number of nitrogens with one attached hydrogen (secondary N) is 1. The predicted molar refractivity (Wildman–Crippen MR) is 122 cm³/mol. The fraction of sp³-hybridized carbons (Fsp3) is 0.375. The molecular formula is C24H26FN3O3S. The number of thioether (sulfide) groups is 1. The van der Waals surface area contributed by atoms with Crippen molar-refractivity contribution in [2.75, 3.05) is 24.5 Å². The number of carbonyl (C=O) groups excluding carboxylic acids is 3. The molecule has 1 atom stereocenters. The molecule has 8 heteroatoms. The van der Waals surface area contributed by atoms with Gasteiger partial charge in [-0.3, -0.25) is 14.4 Å². The molecule has 1 N–H and O–H groups in total. The Kier molecular flexibility index (Phi) is 7.09. The zero-order valence-corrected chi connectivity index (χ0v) is 18.6. The molecule has 0 aromatic heterocycles. The standard InChI is InChI=1S/C24H26FN3O3S/c25-18-11-9-17(10-12-18)15-26-21(29)16-28-19-7-3-4-8-20(19)32-22(24(28)31)23(30)27-13-5-1-2-6-14-27/h3-4,7-12,22H,1-2,5-6,13-16H2,(H,26,29)/t22-/m0/s1. The minimum Gasteiger partial charge on any atom is -0.350 e. The molecule has 2 aromatic carbocycles. The molecule has 2 aromatic rings. The molecule has 6 nitrogen and oxygen atoms in total. The number of amides is 3. The third-order valence-electron chi connectivity index (χ3n) is 5.74. The molecule has 0 radical (unpaired) electrons. The van der Waals surface area contributed by atoms with Crippen molar-refractivity contribution in [2.45, 2.75) is 42.4 Å². The van der Waals surface area contributed by atoms with E-state index in [2.05, 4.69) is 5.32 Å². The zero-order valence-electron chi connectivity index (χ0n) is 17.8. The van der Waals surface area contributed by atoms with Crippen LogP contribution in [0.3, 0.4) is 0 Å². The maximum atomic E-state index is 13.3. The highest BCUT2D eigenvalue weighted by Gasteiger charge is 2.40. The quantitative estimate of drug-likeness (QED) is 0.702. The van der Waals surface area contributed by atoms with Crippen LogP contribution in [0.4, 0.5) is 10.1 Å². The SMILES string of the molecule is O=C(CN1C(=O)[C@H](C(=O)N2CCCCCC2)Sc2ccccc21)NCc1ccc(F)cc1. The molecule has 4 rings (SSSR count). The van der Waals surface area contributed by atoms with Gasteiger partial charge in [-0.15, -0.1) is 11.8 Å². The Labute approximate surface area is 191 Å².